The van der Waals surface area contributed by atoms with Crippen LogP contribution in [0.15, 0.2) is 6.07 Å². The first-order valence-corrected chi connectivity index (χ1v) is 6.22. The maximum absolute atomic E-state index is 10.7. The number of benzene rings is 1. The summed E-state index contributed by atoms with van der Waals surface area (Å²) < 4.78 is 20.7. The zero-order valence-corrected chi connectivity index (χ0v) is 11.6. The standard InChI is InChI=1S/C9H10IO4P/c1-5-4-6(2)8(13-10)9(7(5)3)14-15(11)12/h4H,1-3H3/p+1. The van der Waals surface area contributed by atoms with Gasteiger partial charge in [-0.1, -0.05) is 6.07 Å². The van der Waals surface area contributed by atoms with Crippen molar-refractivity contribution in [2.75, 3.05) is 0 Å². The van der Waals surface area contributed by atoms with Crippen molar-refractivity contribution in [3.63, 3.8) is 0 Å². The Balaban J connectivity index is 3.36. The lowest BCUT2D eigenvalue weighted by Crippen LogP contribution is -1.94. The van der Waals surface area contributed by atoms with Crippen molar-refractivity contribution >= 4 is 31.3 Å². The van der Waals surface area contributed by atoms with E-state index in [9.17, 15) is 4.57 Å². The van der Waals surface area contributed by atoms with E-state index in [1.165, 1.54) is 0 Å². The quantitative estimate of drug-likeness (QED) is 0.677. The minimum absolute atomic E-state index is 0.338. The summed E-state index contributed by atoms with van der Waals surface area (Å²) in [7, 11) is -2.67. The molecule has 0 aromatic heterocycles. The van der Waals surface area contributed by atoms with Gasteiger partial charge in [-0.2, -0.15) is 0 Å². The first kappa shape index (κ1) is 12.7. The van der Waals surface area contributed by atoms with E-state index in [0.717, 1.165) is 16.7 Å². The van der Waals surface area contributed by atoms with Crippen LogP contribution in [0.2, 0.25) is 0 Å². The molecule has 0 aliphatic heterocycles. The number of hydrogen-bond acceptors (Lipinski definition) is 3. The molecule has 15 heavy (non-hydrogen) atoms. The molecule has 0 heterocycles. The first-order chi connectivity index (χ1) is 6.97. The van der Waals surface area contributed by atoms with Crippen LogP contribution in [-0.2, 0) is 4.57 Å². The fraction of sp³-hybridized carbons (Fsp3) is 0.333. The normalized spacial score (nSPS) is 11.1. The summed E-state index contributed by atoms with van der Waals surface area (Å²) in [5, 5.41) is 0. The maximum Gasteiger partial charge on any atom is 0.747 e. The van der Waals surface area contributed by atoms with Crippen molar-refractivity contribution in [3.05, 3.63) is 22.8 Å². The molecule has 82 valence electrons. The van der Waals surface area contributed by atoms with Gasteiger partial charge in [0.1, 0.15) is 0 Å². The molecule has 1 N–H and O–H groups in total. The largest absolute Gasteiger partial charge is 0.747 e. The minimum atomic E-state index is -2.67. The minimum Gasteiger partial charge on any atom is -0.423 e. The van der Waals surface area contributed by atoms with E-state index in [0.29, 0.717) is 11.5 Å². The fourth-order valence-corrected chi connectivity index (χ4v) is 2.23. The zero-order chi connectivity index (χ0) is 11.6. The van der Waals surface area contributed by atoms with Crippen molar-refractivity contribution in [1.82, 2.24) is 0 Å². The van der Waals surface area contributed by atoms with E-state index in [4.69, 9.17) is 12.5 Å². The van der Waals surface area contributed by atoms with E-state index >= 15 is 0 Å². The molecule has 1 unspecified atom stereocenters. The Morgan fingerprint density at radius 3 is 2.33 bits per heavy atom. The van der Waals surface area contributed by atoms with Gasteiger partial charge in [0, 0.05) is 10.1 Å². The molecule has 0 aliphatic rings. The molecule has 6 heteroatoms. The summed E-state index contributed by atoms with van der Waals surface area (Å²) in [5.74, 6) is 0.835. The van der Waals surface area contributed by atoms with Gasteiger partial charge in [0.25, 0.3) is 0 Å². The molecule has 0 aliphatic carbocycles. The molecule has 0 bridgehead atoms. The highest BCUT2D eigenvalue weighted by atomic mass is 127. The van der Waals surface area contributed by atoms with Crippen molar-refractivity contribution in [2.24, 2.45) is 0 Å². The van der Waals surface area contributed by atoms with Crippen molar-refractivity contribution in [1.29, 1.82) is 0 Å². The number of hydrogen-bond donors (Lipinski definition) is 1. The third-order valence-corrected chi connectivity index (χ3v) is 2.96. The average Bonchev–Trinajstić information content (AvgIpc) is 2.13. The van der Waals surface area contributed by atoms with Crippen LogP contribution in [0.3, 0.4) is 0 Å². The Kier molecular flexibility index (Phi) is 4.31. The van der Waals surface area contributed by atoms with Crippen LogP contribution in [0.1, 0.15) is 16.7 Å². The summed E-state index contributed by atoms with van der Waals surface area (Å²) >= 11 is 1.72. The SMILES string of the molecule is Cc1cc(C)c(OI)c(O[P+](=O)O)c1C. The monoisotopic (exact) mass is 341 g/mol. The highest BCUT2D eigenvalue weighted by Gasteiger charge is 2.23. The molecule has 0 spiro atoms. The average molecular weight is 341 g/mol. The van der Waals surface area contributed by atoms with Crippen LogP contribution >= 0.6 is 31.3 Å². The second kappa shape index (κ2) is 5.09. The van der Waals surface area contributed by atoms with Crippen LogP contribution in [-0.4, -0.2) is 4.89 Å². The second-order valence-electron chi connectivity index (χ2n) is 3.20. The van der Waals surface area contributed by atoms with Gasteiger partial charge in [0.2, 0.25) is 5.75 Å². The van der Waals surface area contributed by atoms with Gasteiger partial charge in [-0.3, -0.25) is 0 Å². The Labute approximate surface area is 103 Å². The molecule has 4 nitrogen and oxygen atoms in total. The van der Waals surface area contributed by atoms with Gasteiger partial charge in [0.05, 0.1) is 0 Å². The van der Waals surface area contributed by atoms with Gasteiger partial charge in [-0.15, -0.1) is 4.89 Å². The van der Waals surface area contributed by atoms with Crippen LogP contribution in [0.4, 0.5) is 0 Å². The number of aryl methyl sites for hydroxylation is 2. The van der Waals surface area contributed by atoms with E-state index in [-0.39, 0.29) is 0 Å². The summed E-state index contributed by atoms with van der Waals surface area (Å²) in [6, 6.07) is 1.95. The lowest BCUT2D eigenvalue weighted by atomic mass is 10.0. The summed E-state index contributed by atoms with van der Waals surface area (Å²) in [5.41, 5.74) is 2.68. The summed E-state index contributed by atoms with van der Waals surface area (Å²) in [6.07, 6.45) is 0. The topological polar surface area (TPSA) is 55.8 Å². The highest BCUT2D eigenvalue weighted by molar-refractivity contribution is 14.1. The number of halogens is 1. The third kappa shape index (κ3) is 2.80. The Hall–Kier alpha value is -0.390. The molecule has 1 aromatic rings. The second-order valence-corrected chi connectivity index (χ2v) is 4.30. The fourth-order valence-electron chi connectivity index (χ4n) is 1.31. The summed E-state index contributed by atoms with van der Waals surface area (Å²) in [4.78, 5) is 8.76. The van der Waals surface area contributed by atoms with E-state index < -0.39 is 8.25 Å². The predicted molar refractivity (Wildman–Crippen MR) is 65.8 cm³/mol. The van der Waals surface area contributed by atoms with Crippen molar-refractivity contribution < 1.29 is 17.0 Å². The molecular formula is C9H11IO4P+. The van der Waals surface area contributed by atoms with Crippen molar-refractivity contribution in [2.45, 2.75) is 20.8 Å². The molecule has 0 saturated heterocycles. The molecule has 0 fully saturated rings. The third-order valence-electron chi connectivity index (χ3n) is 2.18. The van der Waals surface area contributed by atoms with Gasteiger partial charge < -0.3 is 3.07 Å². The van der Waals surface area contributed by atoms with Crippen LogP contribution in [0, 0.1) is 20.8 Å². The molecular weight excluding hydrogens is 330 g/mol. The Morgan fingerprint density at radius 1 is 1.27 bits per heavy atom. The van der Waals surface area contributed by atoms with Crippen LogP contribution in [0.5, 0.6) is 11.5 Å². The van der Waals surface area contributed by atoms with Gasteiger partial charge in [0.15, 0.2) is 28.8 Å². The maximum atomic E-state index is 10.7. The Bertz CT molecular complexity index is 406. The van der Waals surface area contributed by atoms with Crippen molar-refractivity contribution in [3.8, 4) is 11.5 Å². The van der Waals surface area contributed by atoms with Gasteiger partial charge in [-0.25, -0.2) is 4.52 Å². The van der Waals surface area contributed by atoms with Gasteiger partial charge >= 0.3 is 8.25 Å². The molecule has 1 rings (SSSR count). The van der Waals surface area contributed by atoms with E-state index in [1.54, 1.807) is 23.0 Å². The Morgan fingerprint density at radius 2 is 1.87 bits per heavy atom. The molecule has 0 radical (unpaired) electrons. The van der Waals surface area contributed by atoms with Gasteiger partial charge in [-0.05, 0) is 31.9 Å². The molecule has 1 atom stereocenters. The van der Waals surface area contributed by atoms with E-state index in [1.807, 2.05) is 26.8 Å². The molecule has 1 aromatic carbocycles. The highest BCUT2D eigenvalue weighted by Crippen LogP contribution is 2.41. The van der Waals surface area contributed by atoms with E-state index in [2.05, 4.69) is 0 Å². The first-order valence-electron chi connectivity index (χ1n) is 4.21. The smallest absolute Gasteiger partial charge is 0.423 e. The lowest BCUT2D eigenvalue weighted by Gasteiger charge is -2.09. The zero-order valence-electron chi connectivity index (χ0n) is 8.57. The van der Waals surface area contributed by atoms with Crippen LogP contribution in [0.25, 0.3) is 0 Å². The predicted octanol–water partition coefficient (Wildman–Crippen LogP) is 3.37. The lowest BCUT2D eigenvalue weighted by molar-refractivity contribution is 0.404. The molecule has 0 saturated carbocycles. The van der Waals surface area contributed by atoms with Crippen LogP contribution < -0.4 is 7.59 Å². The molecule has 0 amide bonds. The summed E-state index contributed by atoms with van der Waals surface area (Å²) in [6.45, 7) is 5.59. The number of rotatable bonds is 3.